The van der Waals surface area contributed by atoms with Gasteiger partial charge in [0.25, 0.3) is 0 Å². The number of nitrogens with one attached hydrogen (secondary N) is 1. The molecule has 0 saturated carbocycles. The molecule has 0 unspecified atom stereocenters. The van der Waals surface area contributed by atoms with Crippen LogP contribution in [0.15, 0.2) is 36.5 Å². The molecule has 66 valence electrons. The quantitative estimate of drug-likeness (QED) is 0.717. The Morgan fingerprint density at radius 2 is 2.00 bits per heavy atom. The zero-order valence-electron chi connectivity index (χ0n) is 6.72. The summed E-state index contributed by atoms with van der Waals surface area (Å²) in [5.74, 6) is -0.310. The van der Waals surface area contributed by atoms with Gasteiger partial charge in [0.05, 0.1) is 10.6 Å². The van der Waals surface area contributed by atoms with Crippen LogP contribution < -0.4 is 0 Å². The van der Waals surface area contributed by atoms with Gasteiger partial charge < -0.3 is 4.98 Å². The molecule has 3 heteroatoms. The van der Waals surface area contributed by atoms with Crippen LogP contribution in [0.3, 0.4) is 0 Å². The highest BCUT2D eigenvalue weighted by Gasteiger charge is 2.08. The predicted octanol–water partition coefficient (Wildman–Crippen LogP) is 3.47. The molecule has 1 heterocycles. The highest BCUT2D eigenvalue weighted by molar-refractivity contribution is 6.33. The van der Waals surface area contributed by atoms with Gasteiger partial charge in [0.1, 0.15) is 5.82 Å². The summed E-state index contributed by atoms with van der Waals surface area (Å²) in [6, 6.07) is 8.23. The SMILES string of the molecule is Fc1cccc(Cl)c1-c1ccc[nH]1. The van der Waals surface area contributed by atoms with Crippen molar-refractivity contribution in [2.24, 2.45) is 0 Å². The van der Waals surface area contributed by atoms with E-state index in [2.05, 4.69) is 4.98 Å². The van der Waals surface area contributed by atoms with Gasteiger partial charge in [0, 0.05) is 11.9 Å². The largest absolute Gasteiger partial charge is 0.361 e. The number of halogens is 2. The Morgan fingerprint density at radius 3 is 2.62 bits per heavy atom. The number of benzene rings is 1. The molecule has 0 radical (unpaired) electrons. The van der Waals surface area contributed by atoms with Gasteiger partial charge in [0.2, 0.25) is 0 Å². The van der Waals surface area contributed by atoms with Crippen LogP contribution in [0.5, 0.6) is 0 Å². The molecule has 0 spiro atoms. The third kappa shape index (κ3) is 1.45. The van der Waals surface area contributed by atoms with Crippen LogP contribution in [0, 0.1) is 5.82 Å². The lowest BCUT2D eigenvalue weighted by molar-refractivity contribution is 0.631. The van der Waals surface area contributed by atoms with Crippen molar-refractivity contribution in [1.82, 2.24) is 4.98 Å². The molecule has 1 N–H and O–H groups in total. The van der Waals surface area contributed by atoms with Crippen LogP contribution in [0.2, 0.25) is 5.02 Å². The molecule has 0 aliphatic carbocycles. The number of rotatable bonds is 1. The molecule has 0 bridgehead atoms. The van der Waals surface area contributed by atoms with E-state index in [1.54, 1.807) is 30.5 Å². The second-order valence-corrected chi connectivity index (χ2v) is 3.09. The normalized spacial score (nSPS) is 10.3. The molecule has 0 saturated heterocycles. The molecular weight excluding hydrogens is 189 g/mol. The minimum atomic E-state index is -0.310. The van der Waals surface area contributed by atoms with E-state index in [1.807, 2.05) is 0 Å². The first kappa shape index (κ1) is 8.32. The lowest BCUT2D eigenvalue weighted by atomic mass is 10.1. The third-order valence-corrected chi connectivity index (χ3v) is 2.15. The fourth-order valence-electron chi connectivity index (χ4n) is 1.24. The zero-order chi connectivity index (χ0) is 9.26. The van der Waals surface area contributed by atoms with Gasteiger partial charge in [-0.25, -0.2) is 4.39 Å². The predicted molar refractivity (Wildman–Crippen MR) is 51.2 cm³/mol. The van der Waals surface area contributed by atoms with Gasteiger partial charge in [-0.2, -0.15) is 0 Å². The summed E-state index contributed by atoms with van der Waals surface area (Å²) in [7, 11) is 0. The molecule has 0 atom stereocenters. The van der Waals surface area contributed by atoms with E-state index in [1.165, 1.54) is 6.07 Å². The summed E-state index contributed by atoms with van der Waals surface area (Å²) in [4.78, 5) is 2.91. The van der Waals surface area contributed by atoms with E-state index < -0.39 is 0 Å². The first-order valence-corrected chi connectivity index (χ1v) is 4.24. The highest BCUT2D eigenvalue weighted by Crippen LogP contribution is 2.28. The monoisotopic (exact) mass is 195 g/mol. The molecule has 0 aliphatic heterocycles. The van der Waals surface area contributed by atoms with E-state index in [4.69, 9.17) is 11.6 Å². The molecule has 1 nitrogen and oxygen atoms in total. The average molecular weight is 196 g/mol. The minimum Gasteiger partial charge on any atom is -0.361 e. The Morgan fingerprint density at radius 1 is 1.15 bits per heavy atom. The van der Waals surface area contributed by atoms with Gasteiger partial charge in [-0.05, 0) is 24.3 Å². The highest BCUT2D eigenvalue weighted by atomic mass is 35.5. The maximum Gasteiger partial charge on any atom is 0.134 e. The van der Waals surface area contributed by atoms with Gasteiger partial charge in [-0.3, -0.25) is 0 Å². The van der Waals surface area contributed by atoms with Gasteiger partial charge in [-0.1, -0.05) is 17.7 Å². The van der Waals surface area contributed by atoms with Crippen molar-refractivity contribution >= 4 is 11.6 Å². The van der Waals surface area contributed by atoms with E-state index in [0.29, 0.717) is 16.3 Å². The number of hydrogen-bond acceptors (Lipinski definition) is 0. The number of hydrogen-bond donors (Lipinski definition) is 1. The van der Waals surface area contributed by atoms with Crippen molar-refractivity contribution in [3.8, 4) is 11.3 Å². The second kappa shape index (κ2) is 3.23. The van der Waals surface area contributed by atoms with Crippen LogP contribution in [0.25, 0.3) is 11.3 Å². The minimum absolute atomic E-state index is 0.310. The van der Waals surface area contributed by atoms with Crippen LogP contribution in [-0.4, -0.2) is 4.98 Å². The summed E-state index contributed by atoms with van der Waals surface area (Å²) < 4.78 is 13.3. The fraction of sp³-hybridized carbons (Fsp3) is 0. The summed E-state index contributed by atoms with van der Waals surface area (Å²) in [6.07, 6.45) is 1.73. The van der Waals surface area contributed by atoms with Crippen molar-refractivity contribution < 1.29 is 4.39 Å². The van der Waals surface area contributed by atoms with Gasteiger partial charge >= 0.3 is 0 Å². The topological polar surface area (TPSA) is 15.8 Å². The number of aromatic nitrogens is 1. The standard InChI is InChI=1S/C10H7ClFN/c11-7-3-1-4-8(12)10(7)9-5-2-6-13-9/h1-6,13H. The Hall–Kier alpha value is -1.28. The van der Waals surface area contributed by atoms with Crippen molar-refractivity contribution in [3.05, 3.63) is 47.4 Å². The lowest BCUT2D eigenvalue weighted by Gasteiger charge is -2.02. The van der Waals surface area contributed by atoms with E-state index in [0.717, 1.165) is 0 Å². The summed E-state index contributed by atoms with van der Waals surface area (Å²) >= 11 is 5.86. The van der Waals surface area contributed by atoms with Gasteiger partial charge in [0.15, 0.2) is 0 Å². The second-order valence-electron chi connectivity index (χ2n) is 2.68. The smallest absolute Gasteiger partial charge is 0.134 e. The van der Waals surface area contributed by atoms with Crippen LogP contribution in [-0.2, 0) is 0 Å². The van der Waals surface area contributed by atoms with Crippen molar-refractivity contribution in [1.29, 1.82) is 0 Å². The zero-order valence-corrected chi connectivity index (χ0v) is 7.48. The van der Waals surface area contributed by atoms with Crippen LogP contribution in [0.4, 0.5) is 4.39 Å². The fourth-order valence-corrected chi connectivity index (χ4v) is 1.51. The maximum atomic E-state index is 13.3. The van der Waals surface area contributed by atoms with E-state index in [9.17, 15) is 4.39 Å². The molecule has 1 aromatic heterocycles. The van der Waals surface area contributed by atoms with E-state index >= 15 is 0 Å². The molecule has 0 aliphatic rings. The molecule has 2 rings (SSSR count). The first-order valence-electron chi connectivity index (χ1n) is 3.87. The molecule has 1 aromatic carbocycles. The van der Waals surface area contributed by atoms with E-state index in [-0.39, 0.29) is 5.82 Å². The summed E-state index contributed by atoms with van der Waals surface area (Å²) in [6.45, 7) is 0. The van der Waals surface area contributed by atoms with Crippen LogP contribution in [0.1, 0.15) is 0 Å². The lowest BCUT2D eigenvalue weighted by Crippen LogP contribution is -1.84. The number of H-pyrrole nitrogens is 1. The molecular formula is C10H7ClFN. The average Bonchev–Trinajstić information content (AvgIpc) is 2.57. The summed E-state index contributed by atoms with van der Waals surface area (Å²) in [5.41, 5.74) is 1.12. The van der Waals surface area contributed by atoms with Crippen molar-refractivity contribution in [2.75, 3.05) is 0 Å². The molecule has 2 aromatic rings. The van der Waals surface area contributed by atoms with Crippen LogP contribution >= 0.6 is 11.6 Å². The third-order valence-electron chi connectivity index (χ3n) is 1.83. The summed E-state index contributed by atoms with van der Waals surface area (Å²) in [5, 5.41) is 0.419. The van der Waals surface area contributed by atoms with Crippen molar-refractivity contribution in [2.45, 2.75) is 0 Å². The Balaban J connectivity index is 2.64. The molecule has 0 amide bonds. The Labute approximate surface area is 80.2 Å². The Bertz CT molecular complexity index is 389. The van der Waals surface area contributed by atoms with Gasteiger partial charge in [-0.15, -0.1) is 0 Å². The molecule has 0 fully saturated rings. The van der Waals surface area contributed by atoms with Crippen molar-refractivity contribution in [3.63, 3.8) is 0 Å². The maximum absolute atomic E-state index is 13.3. The number of aromatic amines is 1. The first-order chi connectivity index (χ1) is 6.29. The Kier molecular flexibility index (Phi) is 2.07. The molecule has 13 heavy (non-hydrogen) atoms.